The minimum absolute atomic E-state index is 0.146. The predicted octanol–water partition coefficient (Wildman–Crippen LogP) is 4.72. The summed E-state index contributed by atoms with van der Waals surface area (Å²) in [6.45, 7) is 2.13. The second-order valence-electron chi connectivity index (χ2n) is 6.10. The Balaban J connectivity index is 1.66. The van der Waals surface area contributed by atoms with E-state index in [2.05, 4.69) is 53.6 Å². The molecule has 1 aromatic heterocycles. The largest absolute Gasteiger partial charge is 0.497 e. The van der Waals surface area contributed by atoms with Crippen LogP contribution in [-0.4, -0.2) is 22.1 Å². The van der Waals surface area contributed by atoms with Crippen LogP contribution in [0.1, 0.15) is 18.5 Å². The van der Waals surface area contributed by atoms with Gasteiger partial charge in [0, 0.05) is 5.56 Å². The van der Waals surface area contributed by atoms with Crippen molar-refractivity contribution in [2.45, 2.75) is 13.0 Å². The molecule has 4 heteroatoms. The maximum atomic E-state index is 5.28. The number of benzene rings is 3. The average Bonchev–Trinajstić information content (AvgIpc) is 3.17. The number of aromatic nitrogens is 3. The molecule has 0 spiro atoms. The number of rotatable bonds is 4. The number of ether oxygens (including phenoxy) is 1. The molecule has 0 amide bonds. The Morgan fingerprint density at radius 2 is 1.68 bits per heavy atom. The van der Waals surface area contributed by atoms with Gasteiger partial charge in [0.25, 0.3) is 0 Å². The van der Waals surface area contributed by atoms with Crippen molar-refractivity contribution in [1.29, 1.82) is 0 Å². The van der Waals surface area contributed by atoms with Crippen molar-refractivity contribution in [1.82, 2.24) is 15.0 Å². The maximum absolute atomic E-state index is 5.28. The summed E-state index contributed by atoms with van der Waals surface area (Å²) in [5, 5.41) is 11.0. The van der Waals surface area contributed by atoms with Gasteiger partial charge < -0.3 is 4.74 Å². The van der Waals surface area contributed by atoms with Crippen molar-refractivity contribution in [2.75, 3.05) is 7.11 Å². The molecule has 0 N–H and O–H groups in total. The fraction of sp³-hybridized carbons (Fsp3) is 0.143. The van der Waals surface area contributed by atoms with Gasteiger partial charge in [-0.3, -0.25) is 0 Å². The third kappa shape index (κ3) is 2.98. The Bertz CT molecular complexity index is 1010. The predicted molar refractivity (Wildman–Crippen MR) is 99.8 cm³/mol. The zero-order valence-corrected chi connectivity index (χ0v) is 14.3. The van der Waals surface area contributed by atoms with Crippen molar-refractivity contribution >= 4 is 10.8 Å². The van der Waals surface area contributed by atoms with Crippen molar-refractivity contribution in [3.05, 3.63) is 78.5 Å². The normalized spacial score (nSPS) is 12.2. The van der Waals surface area contributed by atoms with E-state index in [0.717, 1.165) is 27.8 Å². The van der Waals surface area contributed by atoms with Crippen LogP contribution >= 0.6 is 0 Å². The fourth-order valence-corrected chi connectivity index (χ4v) is 2.99. The lowest BCUT2D eigenvalue weighted by atomic mass is 10.0. The summed E-state index contributed by atoms with van der Waals surface area (Å²) < 4.78 is 7.19. The van der Waals surface area contributed by atoms with E-state index in [4.69, 9.17) is 4.74 Å². The molecular weight excluding hydrogens is 310 g/mol. The van der Waals surface area contributed by atoms with Gasteiger partial charge in [0.2, 0.25) is 0 Å². The zero-order valence-electron chi connectivity index (χ0n) is 14.3. The van der Waals surface area contributed by atoms with Gasteiger partial charge in [0.05, 0.1) is 19.3 Å². The van der Waals surface area contributed by atoms with Gasteiger partial charge >= 0.3 is 0 Å². The lowest BCUT2D eigenvalue weighted by Gasteiger charge is -2.11. The van der Waals surface area contributed by atoms with E-state index in [0.29, 0.717) is 0 Å². The molecule has 1 heterocycles. The molecule has 4 rings (SSSR count). The first kappa shape index (κ1) is 15.4. The van der Waals surface area contributed by atoms with Crippen molar-refractivity contribution < 1.29 is 4.74 Å². The van der Waals surface area contributed by atoms with E-state index in [1.54, 1.807) is 7.11 Å². The smallest absolute Gasteiger partial charge is 0.119 e. The monoisotopic (exact) mass is 329 g/mol. The summed E-state index contributed by atoms with van der Waals surface area (Å²) in [5.41, 5.74) is 3.15. The molecule has 0 saturated carbocycles. The molecule has 4 nitrogen and oxygen atoms in total. The van der Waals surface area contributed by atoms with Crippen LogP contribution in [0.25, 0.3) is 22.0 Å². The second kappa shape index (κ2) is 6.40. The van der Waals surface area contributed by atoms with Gasteiger partial charge in [-0.1, -0.05) is 53.7 Å². The highest BCUT2D eigenvalue weighted by atomic mass is 16.5. The van der Waals surface area contributed by atoms with E-state index in [-0.39, 0.29) is 6.04 Å². The molecule has 0 radical (unpaired) electrons. The summed E-state index contributed by atoms with van der Waals surface area (Å²) in [4.78, 5) is 0. The van der Waals surface area contributed by atoms with E-state index in [1.165, 1.54) is 5.56 Å². The van der Waals surface area contributed by atoms with Gasteiger partial charge in [-0.15, -0.1) is 5.10 Å². The molecule has 0 fully saturated rings. The third-order valence-corrected chi connectivity index (χ3v) is 4.53. The lowest BCUT2D eigenvalue weighted by molar-refractivity contribution is 0.415. The molecule has 3 aromatic carbocycles. The fourth-order valence-electron chi connectivity index (χ4n) is 2.99. The Morgan fingerprint density at radius 3 is 2.48 bits per heavy atom. The van der Waals surface area contributed by atoms with Crippen LogP contribution in [0.5, 0.6) is 5.75 Å². The molecule has 0 aliphatic carbocycles. The first-order valence-electron chi connectivity index (χ1n) is 8.29. The van der Waals surface area contributed by atoms with Crippen LogP contribution in [0.4, 0.5) is 0 Å². The van der Waals surface area contributed by atoms with E-state index < -0.39 is 0 Å². The molecule has 0 aliphatic heterocycles. The van der Waals surface area contributed by atoms with Gasteiger partial charge in [-0.05, 0) is 41.5 Å². The summed E-state index contributed by atoms with van der Waals surface area (Å²) in [7, 11) is 1.68. The molecular formula is C21H19N3O. The molecule has 0 saturated heterocycles. The van der Waals surface area contributed by atoms with Crippen LogP contribution in [0.15, 0.2) is 72.9 Å². The SMILES string of the molecule is COc1ccc2cc(-c3cn(C(C)c4ccccc4)nn3)ccc2c1. The van der Waals surface area contributed by atoms with Crippen molar-refractivity contribution in [3.8, 4) is 17.0 Å². The zero-order chi connectivity index (χ0) is 17.2. The highest BCUT2D eigenvalue weighted by molar-refractivity contribution is 5.87. The Hall–Kier alpha value is -3.14. The molecule has 1 unspecified atom stereocenters. The Morgan fingerprint density at radius 1 is 0.920 bits per heavy atom. The molecule has 25 heavy (non-hydrogen) atoms. The third-order valence-electron chi connectivity index (χ3n) is 4.53. The van der Waals surface area contributed by atoms with Gasteiger partial charge in [-0.25, -0.2) is 4.68 Å². The highest BCUT2D eigenvalue weighted by Gasteiger charge is 2.11. The number of nitrogens with zero attached hydrogens (tertiary/aromatic N) is 3. The Kier molecular flexibility index (Phi) is 3.94. The average molecular weight is 329 g/mol. The van der Waals surface area contributed by atoms with Crippen LogP contribution < -0.4 is 4.74 Å². The summed E-state index contributed by atoms with van der Waals surface area (Å²) in [6, 6.07) is 22.8. The minimum Gasteiger partial charge on any atom is -0.497 e. The molecule has 0 aliphatic rings. The Labute approximate surface area is 146 Å². The molecule has 4 aromatic rings. The summed E-state index contributed by atoms with van der Waals surface area (Å²) in [5.74, 6) is 0.864. The van der Waals surface area contributed by atoms with Gasteiger partial charge in [0.1, 0.15) is 11.4 Å². The van der Waals surface area contributed by atoms with Crippen molar-refractivity contribution in [2.24, 2.45) is 0 Å². The number of hydrogen-bond donors (Lipinski definition) is 0. The van der Waals surface area contributed by atoms with E-state index >= 15 is 0 Å². The standard InChI is InChI=1S/C21H19N3O/c1-15(16-6-4-3-5-7-16)24-14-21(22-23-24)19-9-8-18-13-20(25-2)11-10-17(18)12-19/h3-15H,1-2H3. The second-order valence-corrected chi connectivity index (χ2v) is 6.10. The summed E-state index contributed by atoms with van der Waals surface area (Å²) >= 11 is 0. The van der Waals surface area contributed by atoms with Crippen LogP contribution in [0.2, 0.25) is 0 Å². The van der Waals surface area contributed by atoms with Gasteiger partial charge in [-0.2, -0.15) is 0 Å². The van der Waals surface area contributed by atoms with E-state index in [9.17, 15) is 0 Å². The maximum Gasteiger partial charge on any atom is 0.119 e. The molecule has 1 atom stereocenters. The first-order valence-corrected chi connectivity index (χ1v) is 8.29. The van der Waals surface area contributed by atoms with Crippen LogP contribution in [0.3, 0.4) is 0 Å². The van der Waals surface area contributed by atoms with Crippen molar-refractivity contribution in [3.63, 3.8) is 0 Å². The topological polar surface area (TPSA) is 39.9 Å². The highest BCUT2D eigenvalue weighted by Crippen LogP contribution is 2.27. The molecule has 0 bridgehead atoms. The summed E-state index contributed by atoms with van der Waals surface area (Å²) in [6.07, 6.45) is 2.00. The van der Waals surface area contributed by atoms with Crippen LogP contribution in [-0.2, 0) is 0 Å². The number of fused-ring (bicyclic) bond motifs is 1. The quantitative estimate of drug-likeness (QED) is 0.544. The molecule has 124 valence electrons. The van der Waals surface area contributed by atoms with Crippen LogP contribution in [0, 0.1) is 0 Å². The first-order chi connectivity index (χ1) is 12.2. The van der Waals surface area contributed by atoms with Gasteiger partial charge in [0.15, 0.2) is 0 Å². The number of hydrogen-bond acceptors (Lipinski definition) is 3. The van der Waals surface area contributed by atoms with E-state index in [1.807, 2.05) is 41.2 Å². The minimum atomic E-state index is 0.146. The number of methoxy groups -OCH3 is 1. The lowest BCUT2D eigenvalue weighted by Crippen LogP contribution is -2.07.